The maximum Gasteiger partial charge on any atom is 0.254 e. The minimum atomic E-state index is 0.0810. The van der Waals surface area contributed by atoms with Crippen LogP contribution in [0.25, 0.3) is 0 Å². The monoisotopic (exact) mass is 276 g/mol. The Balaban J connectivity index is 2.22. The number of hydrogen-bond acceptors (Lipinski definition) is 4. The van der Waals surface area contributed by atoms with E-state index in [1.807, 2.05) is 11.0 Å². The van der Waals surface area contributed by atoms with Crippen LogP contribution in [0.1, 0.15) is 43.2 Å². The molecule has 5 heteroatoms. The fourth-order valence-corrected chi connectivity index (χ4v) is 2.65. The number of pyridine rings is 1. The highest BCUT2D eigenvalue weighted by molar-refractivity contribution is 5.95. The predicted molar refractivity (Wildman–Crippen MR) is 80.3 cm³/mol. The van der Waals surface area contributed by atoms with Gasteiger partial charge in [-0.25, -0.2) is 10.8 Å². The van der Waals surface area contributed by atoms with Gasteiger partial charge >= 0.3 is 0 Å². The molecule has 0 bridgehead atoms. The first-order valence-corrected chi connectivity index (χ1v) is 7.32. The quantitative estimate of drug-likeness (QED) is 0.652. The molecule has 1 aliphatic rings. The number of nitrogens with zero attached hydrogens (tertiary/aromatic N) is 2. The maximum atomic E-state index is 12.6. The number of aromatic nitrogens is 1. The molecule has 1 aromatic rings. The van der Waals surface area contributed by atoms with Gasteiger partial charge in [0.25, 0.3) is 5.91 Å². The summed E-state index contributed by atoms with van der Waals surface area (Å²) in [6, 6.07) is 3.62. The zero-order valence-corrected chi connectivity index (χ0v) is 12.5. The van der Waals surface area contributed by atoms with E-state index in [0.717, 1.165) is 31.6 Å². The summed E-state index contributed by atoms with van der Waals surface area (Å²) in [4.78, 5) is 18.9. The minimum Gasteiger partial charge on any atom is -0.338 e. The fourth-order valence-electron chi connectivity index (χ4n) is 2.65. The summed E-state index contributed by atoms with van der Waals surface area (Å²) < 4.78 is 0. The molecule has 3 N–H and O–H groups in total. The number of hydrazine groups is 1. The van der Waals surface area contributed by atoms with E-state index in [-0.39, 0.29) is 5.91 Å². The Labute approximate surface area is 120 Å². The van der Waals surface area contributed by atoms with E-state index in [4.69, 9.17) is 5.84 Å². The lowest BCUT2D eigenvalue weighted by atomic mass is 10.0. The van der Waals surface area contributed by atoms with E-state index in [9.17, 15) is 4.79 Å². The molecule has 0 saturated carbocycles. The number of nitrogen functional groups attached to an aromatic ring is 1. The molecule has 5 nitrogen and oxygen atoms in total. The second-order valence-corrected chi connectivity index (χ2v) is 5.79. The summed E-state index contributed by atoms with van der Waals surface area (Å²) in [5.41, 5.74) is 4.13. The first-order valence-electron chi connectivity index (χ1n) is 7.32. The van der Waals surface area contributed by atoms with Crippen molar-refractivity contribution in [2.75, 3.05) is 18.5 Å². The number of hydrogen-bond donors (Lipinski definition) is 2. The van der Waals surface area contributed by atoms with E-state index in [2.05, 4.69) is 31.2 Å². The van der Waals surface area contributed by atoms with E-state index in [0.29, 0.717) is 23.2 Å². The van der Waals surface area contributed by atoms with Crippen molar-refractivity contribution in [2.24, 2.45) is 17.7 Å². The Hall–Kier alpha value is -1.62. The van der Waals surface area contributed by atoms with Crippen LogP contribution in [0.5, 0.6) is 0 Å². The number of amides is 1. The Morgan fingerprint density at radius 3 is 2.60 bits per heavy atom. The van der Waals surface area contributed by atoms with Crippen LogP contribution in [0.4, 0.5) is 5.82 Å². The number of likely N-dealkylation sites (tertiary alicyclic amines) is 1. The SMILES string of the molecule is CCCc1cc(C(=O)N2CC(C)C(C)C2)cc(NN)n1. The van der Waals surface area contributed by atoms with Gasteiger partial charge in [-0.3, -0.25) is 4.79 Å². The topological polar surface area (TPSA) is 71.2 Å². The van der Waals surface area contributed by atoms with Gasteiger partial charge in [0.2, 0.25) is 0 Å². The number of carbonyl (C=O) groups excluding carboxylic acids is 1. The number of rotatable bonds is 4. The lowest BCUT2D eigenvalue weighted by Gasteiger charge is -2.17. The molecule has 1 aliphatic heterocycles. The van der Waals surface area contributed by atoms with Crippen molar-refractivity contribution >= 4 is 11.7 Å². The molecule has 1 saturated heterocycles. The van der Waals surface area contributed by atoms with Gasteiger partial charge in [-0.2, -0.15) is 0 Å². The van der Waals surface area contributed by atoms with Gasteiger partial charge in [0.05, 0.1) is 0 Å². The molecular weight excluding hydrogens is 252 g/mol. The summed E-state index contributed by atoms with van der Waals surface area (Å²) in [6.07, 6.45) is 1.84. The summed E-state index contributed by atoms with van der Waals surface area (Å²) >= 11 is 0. The van der Waals surface area contributed by atoms with Crippen LogP contribution in [0.15, 0.2) is 12.1 Å². The fraction of sp³-hybridized carbons (Fsp3) is 0.600. The van der Waals surface area contributed by atoms with Crippen LogP contribution in [0, 0.1) is 11.8 Å². The summed E-state index contributed by atoms with van der Waals surface area (Å²) in [6.45, 7) is 8.14. The third-order valence-electron chi connectivity index (χ3n) is 4.05. The van der Waals surface area contributed by atoms with Gasteiger partial charge in [0.1, 0.15) is 5.82 Å². The molecule has 1 amide bonds. The van der Waals surface area contributed by atoms with Gasteiger partial charge < -0.3 is 10.3 Å². The van der Waals surface area contributed by atoms with E-state index in [1.54, 1.807) is 6.07 Å². The van der Waals surface area contributed by atoms with Gasteiger partial charge in [0, 0.05) is 24.3 Å². The number of carbonyl (C=O) groups is 1. The largest absolute Gasteiger partial charge is 0.338 e. The van der Waals surface area contributed by atoms with Crippen LogP contribution >= 0.6 is 0 Å². The summed E-state index contributed by atoms with van der Waals surface area (Å²) in [7, 11) is 0. The third kappa shape index (κ3) is 3.10. The first-order chi connectivity index (χ1) is 9.55. The first kappa shape index (κ1) is 14.8. The molecular formula is C15H24N4O. The van der Waals surface area contributed by atoms with Crippen LogP contribution in [-0.2, 0) is 6.42 Å². The molecule has 2 heterocycles. The molecule has 2 atom stereocenters. The minimum absolute atomic E-state index is 0.0810. The van der Waals surface area contributed by atoms with Gasteiger partial charge in [0.15, 0.2) is 0 Å². The number of nitrogens with one attached hydrogen (secondary N) is 1. The lowest BCUT2D eigenvalue weighted by molar-refractivity contribution is 0.0785. The molecule has 0 spiro atoms. The van der Waals surface area contributed by atoms with Crippen LogP contribution < -0.4 is 11.3 Å². The zero-order chi connectivity index (χ0) is 14.7. The molecule has 20 heavy (non-hydrogen) atoms. The lowest BCUT2D eigenvalue weighted by Crippen LogP contribution is -2.29. The van der Waals surface area contributed by atoms with E-state index in [1.165, 1.54) is 0 Å². The van der Waals surface area contributed by atoms with Crippen molar-refractivity contribution < 1.29 is 4.79 Å². The Morgan fingerprint density at radius 1 is 1.40 bits per heavy atom. The van der Waals surface area contributed by atoms with Gasteiger partial charge in [-0.1, -0.05) is 27.2 Å². The molecule has 2 unspecified atom stereocenters. The van der Waals surface area contributed by atoms with Crippen molar-refractivity contribution in [3.63, 3.8) is 0 Å². The molecule has 110 valence electrons. The number of anilines is 1. The third-order valence-corrected chi connectivity index (χ3v) is 4.05. The zero-order valence-electron chi connectivity index (χ0n) is 12.5. The second-order valence-electron chi connectivity index (χ2n) is 5.79. The molecule has 0 aromatic carbocycles. The van der Waals surface area contributed by atoms with Crippen molar-refractivity contribution in [1.29, 1.82) is 0 Å². The summed E-state index contributed by atoms with van der Waals surface area (Å²) in [5, 5.41) is 0. The van der Waals surface area contributed by atoms with Gasteiger partial charge in [-0.15, -0.1) is 0 Å². The van der Waals surface area contributed by atoms with E-state index >= 15 is 0 Å². The predicted octanol–water partition coefficient (Wildman–Crippen LogP) is 2.05. The highest BCUT2D eigenvalue weighted by Crippen LogP contribution is 2.24. The molecule has 0 aliphatic carbocycles. The summed E-state index contributed by atoms with van der Waals surface area (Å²) in [5.74, 6) is 7.20. The van der Waals surface area contributed by atoms with Crippen LogP contribution in [-0.4, -0.2) is 28.9 Å². The smallest absolute Gasteiger partial charge is 0.254 e. The van der Waals surface area contributed by atoms with Crippen molar-refractivity contribution in [2.45, 2.75) is 33.6 Å². The molecule has 0 radical (unpaired) electrons. The molecule has 1 aromatic heterocycles. The Kier molecular flexibility index (Phi) is 4.60. The van der Waals surface area contributed by atoms with Crippen LogP contribution in [0.3, 0.4) is 0 Å². The normalized spacial score (nSPS) is 22.1. The molecule has 2 rings (SSSR count). The Morgan fingerprint density at radius 2 is 2.05 bits per heavy atom. The highest BCUT2D eigenvalue weighted by Gasteiger charge is 2.30. The van der Waals surface area contributed by atoms with Crippen molar-refractivity contribution in [3.05, 3.63) is 23.4 Å². The van der Waals surface area contributed by atoms with E-state index < -0.39 is 0 Å². The number of nitrogens with two attached hydrogens (primary N) is 1. The van der Waals surface area contributed by atoms with Gasteiger partial charge in [-0.05, 0) is 30.4 Å². The Bertz CT molecular complexity index is 479. The standard InChI is InChI=1S/C15H24N4O/c1-4-5-13-6-12(7-14(17-13)18-16)15(20)19-8-10(2)11(3)9-19/h6-7,10-11H,4-5,8-9,16H2,1-3H3,(H,17,18). The maximum absolute atomic E-state index is 12.6. The molecule has 1 fully saturated rings. The highest BCUT2D eigenvalue weighted by atomic mass is 16.2. The average molecular weight is 276 g/mol. The van der Waals surface area contributed by atoms with Crippen molar-refractivity contribution in [3.8, 4) is 0 Å². The number of aryl methyl sites for hydroxylation is 1. The van der Waals surface area contributed by atoms with Crippen molar-refractivity contribution in [1.82, 2.24) is 9.88 Å². The average Bonchev–Trinajstić information content (AvgIpc) is 2.78. The second kappa shape index (κ2) is 6.22. The van der Waals surface area contributed by atoms with Crippen LogP contribution in [0.2, 0.25) is 0 Å².